The van der Waals surface area contributed by atoms with E-state index in [1.54, 1.807) is 37.5 Å². The molecule has 0 bridgehead atoms. The summed E-state index contributed by atoms with van der Waals surface area (Å²) >= 11 is 1.13. The van der Waals surface area contributed by atoms with Gasteiger partial charge in [0.05, 0.1) is 10.7 Å². The molecule has 10 heteroatoms. The van der Waals surface area contributed by atoms with E-state index < -0.39 is 4.92 Å². The first-order valence-corrected chi connectivity index (χ1v) is 7.87. The van der Waals surface area contributed by atoms with Gasteiger partial charge in [0.15, 0.2) is 0 Å². The van der Waals surface area contributed by atoms with Gasteiger partial charge in [-0.15, -0.1) is 5.10 Å². The van der Waals surface area contributed by atoms with Crippen LogP contribution in [0.3, 0.4) is 0 Å². The second-order valence-electron chi connectivity index (χ2n) is 4.82. The molecule has 24 heavy (non-hydrogen) atoms. The normalized spacial score (nSPS) is 10.7. The lowest BCUT2D eigenvalue weighted by molar-refractivity contribution is -0.384. The molecule has 0 atom stereocenters. The van der Waals surface area contributed by atoms with Crippen LogP contribution in [0.25, 0.3) is 5.78 Å². The minimum absolute atomic E-state index is 0.0301. The summed E-state index contributed by atoms with van der Waals surface area (Å²) in [6.07, 6.45) is 3.30. The maximum atomic E-state index is 12.1. The molecule has 3 aromatic rings. The quantitative estimate of drug-likeness (QED) is 0.428. The molecule has 0 aliphatic rings. The lowest BCUT2D eigenvalue weighted by Gasteiger charge is -2.08. The zero-order valence-electron chi connectivity index (χ0n) is 12.5. The Bertz CT molecular complexity index is 893. The van der Waals surface area contributed by atoms with E-state index >= 15 is 0 Å². The molecule has 0 spiro atoms. The van der Waals surface area contributed by atoms with Gasteiger partial charge >= 0.3 is 0 Å². The molecule has 1 amide bonds. The largest absolute Gasteiger partial charge is 0.319 e. The maximum absolute atomic E-state index is 12.1. The predicted molar refractivity (Wildman–Crippen MR) is 88.0 cm³/mol. The second kappa shape index (κ2) is 6.62. The number of fused-ring (bicyclic) bond motifs is 1. The summed E-state index contributed by atoms with van der Waals surface area (Å²) in [4.78, 5) is 30.8. The van der Waals surface area contributed by atoms with Crippen LogP contribution in [0, 0.1) is 17.0 Å². The molecule has 0 radical (unpaired) electrons. The van der Waals surface area contributed by atoms with Crippen molar-refractivity contribution < 1.29 is 9.72 Å². The number of hydrogen-bond donors (Lipinski definition) is 1. The van der Waals surface area contributed by atoms with Gasteiger partial charge in [-0.05, 0) is 18.6 Å². The number of anilines is 1. The van der Waals surface area contributed by atoms with Crippen molar-refractivity contribution in [2.45, 2.75) is 12.1 Å². The van der Waals surface area contributed by atoms with E-state index in [0.29, 0.717) is 16.5 Å². The van der Waals surface area contributed by atoms with E-state index in [1.807, 2.05) is 0 Å². The van der Waals surface area contributed by atoms with Crippen molar-refractivity contribution in [1.82, 2.24) is 19.6 Å². The Hall–Kier alpha value is -3.01. The second-order valence-corrected chi connectivity index (χ2v) is 5.76. The fraction of sp³-hybridized carbons (Fsp3) is 0.143. The number of para-hydroxylation sites is 1. The number of aromatic nitrogens is 4. The monoisotopic (exact) mass is 344 g/mol. The number of nitro benzene ring substituents is 1. The van der Waals surface area contributed by atoms with E-state index in [9.17, 15) is 14.9 Å². The van der Waals surface area contributed by atoms with E-state index in [4.69, 9.17) is 0 Å². The van der Waals surface area contributed by atoms with Gasteiger partial charge in [-0.25, -0.2) is 9.50 Å². The van der Waals surface area contributed by atoms with Crippen molar-refractivity contribution in [1.29, 1.82) is 0 Å². The average molecular weight is 344 g/mol. The summed E-state index contributed by atoms with van der Waals surface area (Å²) in [5.41, 5.74) is 0.693. The first-order valence-electron chi connectivity index (χ1n) is 6.88. The van der Waals surface area contributed by atoms with Crippen LogP contribution in [0.5, 0.6) is 0 Å². The average Bonchev–Trinajstić information content (AvgIpc) is 2.97. The van der Waals surface area contributed by atoms with Gasteiger partial charge in [0.25, 0.3) is 11.5 Å². The molecule has 0 saturated carbocycles. The molecule has 122 valence electrons. The van der Waals surface area contributed by atoms with Crippen molar-refractivity contribution in [3.8, 4) is 0 Å². The van der Waals surface area contributed by atoms with E-state index in [1.165, 1.54) is 10.6 Å². The number of carbonyl (C=O) groups excluding carboxylic acids is 1. The van der Waals surface area contributed by atoms with Crippen LogP contribution < -0.4 is 5.32 Å². The van der Waals surface area contributed by atoms with E-state index in [-0.39, 0.29) is 23.0 Å². The highest BCUT2D eigenvalue weighted by atomic mass is 32.2. The van der Waals surface area contributed by atoms with Crippen LogP contribution in [0.2, 0.25) is 0 Å². The third kappa shape index (κ3) is 3.33. The summed E-state index contributed by atoms with van der Waals surface area (Å²) < 4.78 is 1.51. The summed E-state index contributed by atoms with van der Waals surface area (Å²) in [7, 11) is 0. The fourth-order valence-electron chi connectivity index (χ4n) is 2.05. The van der Waals surface area contributed by atoms with Crippen LogP contribution in [0.4, 0.5) is 11.4 Å². The number of benzene rings is 1. The summed E-state index contributed by atoms with van der Waals surface area (Å²) in [5.74, 6) is 0.0988. The summed E-state index contributed by atoms with van der Waals surface area (Å²) in [6.45, 7) is 1.70. The Balaban J connectivity index is 1.69. The molecular weight excluding hydrogens is 332 g/mol. The number of nitrogens with zero attached hydrogens (tertiary/aromatic N) is 5. The van der Waals surface area contributed by atoms with Crippen LogP contribution in [0.15, 0.2) is 41.8 Å². The first-order chi connectivity index (χ1) is 11.5. The van der Waals surface area contributed by atoms with Gasteiger partial charge in [-0.3, -0.25) is 14.9 Å². The molecule has 0 unspecified atom stereocenters. The lowest BCUT2D eigenvalue weighted by Crippen LogP contribution is -2.16. The number of rotatable bonds is 5. The van der Waals surface area contributed by atoms with Crippen molar-refractivity contribution in [2.75, 3.05) is 11.1 Å². The summed E-state index contributed by atoms with van der Waals surface area (Å²) in [5, 5.41) is 18.2. The molecule has 0 saturated heterocycles. The third-order valence-corrected chi connectivity index (χ3v) is 3.98. The number of nitrogens with one attached hydrogen (secondary N) is 1. The van der Waals surface area contributed by atoms with Gasteiger partial charge in [-0.2, -0.15) is 4.98 Å². The van der Waals surface area contributed by atoms with Gasteiger partial charge in [-0.1, -0.05) is 23.9 Å². The highest BCUT2D eigenvalue weighted by molar-refractivity contribution is 7.99. The molecule has 0 aliphatic heterocycles. The van der Waals surface area contributed by atoms with Crippen molar-refractivity contribution in [2.24, 2.45) is 0 Å². The predicted octanol–water partition coefficient (Wildman–Crippen LogP) is 2.07. The Morgan fingerprint density at radius 2 is 2.25 bits per heavy atom. The molecule has 2 aromatic heterocycles. The minimum atomic E-state index is -0.523. The topological polar surface area (TPSA) is 115 Å². The molecule has 3 rings (SSSR count). The van der Waals surface area contributed by atoms with Gasteiger partial charge in [0, 0.05) is 18.5 Å². The number of nitro groups is 1. The highest BCUT2D eigenvalue weighted by Gasteiger charge is 2.18. The van der Waals surface area contributed by atoms with Crippen LogP contribution in [0.1, 0.15) is 5.56 Å². The Morgan fingerprint density at radius 3 is 3.00 bits per heavy atom. The molecule has 0 fully saturated rings. The Kier molecular flexibility index (Phi) is 4.38. The zero-order valence-corrected chi connectivity index (χ0v) is 13.4. The molecule has 1 N–H and O–H groups in total. The molecule has 9 nitrogen and oxygen atoms in total. The van der Waals surface area contributed by atoms with Crippen molar-refractivity contribution >= 4 is 34.8 Å². The van der Waals surface area contributed by atoms with Crippen molar-refractivity contribution in [3.05, 3.63) is 52.3 Å². The lowest BCUT2D eigenvalue weighted by atomic mass is 10.1. The van der Waals surface area contributed by atoms with Gasteiger partial charge in [0.2, 0.25) is 11.1 Å². The van der Waals surface area contributed by atoms with E-state index in [0.717, 1.165) is 11.8 Å². The van der Waals surface area contributed by atoms with Crippen LogP contribution in [-0.4, -0.2) is 36.2 Å². The Labute approximate surface area is 140 Å². The van der Waals surface area contributed by atoms with Gasteiger partial charge < -0.3 is 5.32 Å². The fourth-order valence-corrected chi connectivity index (χ4v) is 2.67. The maximum Gasteiger partial charge on any atom is 0.293 e. The van der Waals surface area contributed by atoms with Crippen molar-refractivity contribution in [3.63, 3.8) is 0 Å². The van der Waals surface area contributed by atoms with Crippen LogP contribution in [-0.2, 0) is 4.79 Å². The minimum Gasteiger partial charge on any atom is -0.319 e. The summed E-state index contributed by atoms with van der Waals surface area (Å²) in [6, 6.07) is 6.35. The molecule has 1 aromatic carbocycles. The zero-order chi connectivity index (χ0) is 17.1. The Morgan fingerprint density at radius 1 is 1.42 bits per heavy atom. The first kappa shape index (κ1) is 15.9. The number of hydrogen-bond acceptors (Lipinski definition) is 7. The number of amides is 1. The van der Waals surface area contributed by atoms with Gasteiger partial charge in [0.1, 0.15) is 5.69 Å². The number of carbonyl (C=O) groups is 1. The number of thioether (sulfide) groups is 1. The standard InChI is InChI=1S/C14H12N6O3S/c1-9-4-2-5-10(20(22)23)12(9)16-11(21)8-24-14-17-13-15-6-3-7-19(13)18-14/h2-7H,8H2,1H3,(H,16,21). The molecule has 2 heterocycles. The molecular formula is C14H12N6O3S. The SMILES string of the molecule is Cc1cccc([N+](=O)[O-])c1NC(=O)CSc1nc2ncccn2n1. The van der Waals surface area contributed by atoms with Crippen LogP contribution >= 0.6 is 11.8 Å². The smallest absolute Gasteiger partial charge is 0.293 e. The van der Waals surface area contributed by atoms with E-state index in [2.05, 4.69) is 20.4 Å². The number of aryl methyl sites for hydroxylation is 1. The molecule has 0 aliphatic carbocycles. The third-order valence-electron chi connectivity index (χ3n) is 3.14. The highest BCUT2D eigenvalue weighted by Crippen LogP contribution is 2.28.